The van der Waals surface area contributed by atoms with E-state index in [-0.39, 0.29) is 5.41 Å². The summed E-state index contributed by atoms with van der Waals surface area (Å²) in [6.45, 7) is 1.00. The Labute approximate surface area is 217 Å². The van der Waals surface area contributed by atoms with Gasteiger partial charge in [-0.05, 0) is 62.5 Å². The van der Waals surface area contributed by atoms with Crippen LogP contribution in [0.4, 0.5) is 0 Å². The number of likely N-dealkylation sites (N-methyl/N-ethyl adjacent to an activating group) is 1. The first kappa shape index (κ1) is 22.4. The number of nitrogens with zero attached hydrogens (tertiary/aromatic N) is 4. The van der Waals surface area contributed by atoms with Crippen LogP contribution in [0.1, 0.15) is 28.9 Å². The molecule has 1 N–H and O–H groups in total. The number of phenols is 1. The molecule has 7 rings (SSSR count). The van der Waals surface area contributed by atoms with Crippen LogP contribution in [0.2, 0.25) is 0 Å². The SMILES string of the molecule is COc1ccc2c(c1O)[C@@]13CCN(C)[C@@H](C2)[C@H]1Cc1nc(-c2ccncc2)c(-c2ccccc2)nc1C3. The first-order valence-electron chi connectivity index (χ1n) is 13.0. The van der Waals surface area contributed by atoms with Crippen LogP contribution >= 0.6 is 0 Å². The van der Waals surface area contributed by atoms with Gasteiger partial charge in [-0.3, -0.25) is 4.98 Å². The Morgan fingerprint density at radius 1 is 0.919 bits per heavy atom. The second-order valence-corrected chi connectivity index (χ2v) is 10.7. The minimum Gasteiger partial charge on any atom is -0.504 e. The van der Waals surface area contributed by atoms with Crippen molar-refractivity contribution in [1.82, 2.24) is 19.9 Å². The fourth-order valence-corrected chi connectivity index (χ4v) is 7.21. The number of ether oxygens (including phenoxy) is 1. The summed E-state index contributed by atoms with van der Waals surface area (Å²) in [5, 5.41) is 11.4. The predicted octanol–water partition coefficient (Wildman–Crippen LogP) is 4.83. The van der Waals surface area contributed by atoms with Crippen LogP contribution in [0.5, 0.6) is 11.5 Å². The van der Waals surface area contributed by atoms with E-state index in [1.165, 1.54) is 5.56 Å². The first-order chi connectivity index (χ1) is 18.1. The Bertz CT molecular complexity index is 1490. The number of hydrogen-bond acceptors (Lipinski definition) is 6. The number of rotatable bonds is 3. The lowest BCUT2D eigenvalue weighted by atomic mass is 9.52. The third-order valence-corrected chi connectivity index (χ3v) is 8.97. The summed E-state index contributed by atoms with van der Waals surface area (Å²) >= 11 is 0. The maximum Gasteiger partial charge on any atom is 0.161 e. The summed E-state index contributed by atoms with van der Waals surface area (Å²) < 4.78 is 5.56. The predicted molar refractivity (Wildman–Crippen MR) is 143 cm³/mol. The third-order valence-electron chi connectivity index (χ3n) is 8.97. The number of aromatic hydroxyl groups is 1. The van der Waals surface area contributed by atoms with Crippen LogP contribution < -0.4 is 4.74 Å². The zero-order valence-electron chi connectivity index (χ0n) is 21.2. The highest BCUT2D eigenvalue weighted by atomic mass is 16.5. The Morgan fingerprint density at radius 3 is 2.41 bits per heavy atom. The molecular weight excluding hydrogens is 460 g/mol. The van der Waals surface area contributed by atoms with Crippen molar-refractivity contribution < 1.29 is 9.84 Å². The maximum absolute atomic E-state index is 11.4. The van der Waals surface area contributed by atoms with E-state index in [4.69, 9.17) is 14.7 Å². The van der Waals surface area contributed by atoms with Crippen LogP contribution in [-0.4, -0.2) is 51.7 Å². The summed E-state index contributed by atoms with van der Waals surface area (Å²) in [5.41, 5.74) is 8.14. The molecule has 6 nitrogen and oxygen atoms in total. The van der Waals surface area contributed by atoms with Crippen LogP contribution in [0.15, 0.2) is 67.0 Å². The molecule has 1 fully saturated rings. The van der Waals surface area contributed by atoms with E-state index in [2.05, 4.69) is 35.1 Å². The lowest BCUT2D eigenvalue weighted by Gasteiger charge is -2.58. The number of fused-ring (bicyclic) bond motifs is 2. The number of pyridine rings is 1. The second kappa shape index (κ2) is 8.38. The average Bonchev–Trinajstić information content (AvgIpc) is 2.94. The number of hydrogen-bond donors (Lipinski definition) is 1. The molecule has 37 heavy (non-hydrogen) atoms. The molecule has 2 aliphatic carbocycles. The van der Waals surface area contributed by atoms with Gasteiger partial charge in [0, 0.05) is 47.0 Å². The van der Waals surface area contributed by atoms with E-state index < -0.39 is 0 Å². The van der Waals surface area contributed by atoms with Crippen molar-refractivity contribution in [1.29, 1.82) is 0 Å². The molecule has 6 heteroatoms. The Kier molecular flexibility index (Phi) is 5.08. The fourth-order valence-electron chi connectivity index (χ4n) is 7.21. The zero-order chi connectivity index (χ0) is 25.1. The van der Waals surface area contributed by atoms with Crippen molar-refractivity contribution in [2.24, 2.45) is 5.92 Å². The Morgan fingerprint density at radius 2 is 1.65 bits per heavy atom. The average molecular weight is 491 g/mol. The largest absolute Gasteiger partial charge is 0.504 e. The van der Waals surface area contributed by atoms with E-state index in [0.717, 1.165) is 71.7 Å². The summed E-state index contributed by atoms with van der Waals surface area (Å²) in [6.07, 6.45) is 7.15. The monoisotopic (exact) mass is 490 g/mol. The number of phenolic OH excluding ortho intramolecular Hbond substituents is 1. The summed E-state index contributed by atoms with van der Waals surface area (Å²) in [6, 6.07) is 18.8. The van der Waals surface area contributed by atoms with Crippen molar-refractivity contribution in [2.75, 3.05) is 20.7 Å². The van der Waals surface area contributed by atoms with Crippen LogP contribution in [0.25, 0.3) is 22.5 Å². The molecule has 3 heterocycles. The molecule has 3 atom stereocenters. The quantitative estimate of drug-likeness (QED) is 0.444. The molecule has 0 saturated carbocycles. The van der Waals surface area contributed by atoms with Gasteiger partial charge in [0.2, 0.25) is 0 Å². The van der Waals surface area contributed by atoms with E-state index in [9.17, 15) is 5.11 Å². The Hall–Kier alpha value is -3.77. The van der Waals surface area contributed by atoms with Gasteiger partial charge >= 0.3 is 0 Å². The van der Waals surface area contributed by atoms with Crippen molar-refractivity contribution in [3.8, 4) is 34.0 Å². The van der Waals surface area contributed by atoms with Gasteiger partial charge in [0.15, 0.2) is 11.5 Å². The van der Waals surface area contributed by atoms with Crippen molar-refractivity contribution in [2.45, 2.75) is 37.1 Å². The molecule has 3 aliphatic rings. The third kappa shape index (κ3) is 3.32. The number of likely N-dealkylation sites (tertiary alicyclic amines) is 1. The molecule has 4 aromatic rings. The highest BCUT2D eigenvalue weighted by Gasteiger charge is 2.56. The second-order valence-electron chi connectivity index (χ2n) is 10.7. The van der Waals surface area contributed by atoms with Gasteiger partial charge in [0.1, 0.15) is 0 Å². The summed E-state index contributed by atoms with van der Waals surface area (Å²) in [7, 11) is 3.87. The highest BCUT2D eigenvalue weighted by molar-refractivity contribution is 5.78. The van der Waals surface area contributed by atoms with Crippen molar-refractivity contribution >= 4 is 0 Å². The van der Waals surface area contributed by atoms with Crippen molar-refractivity contribution in [3.05, 3.63) is 89.5 Å². The van der Waals surface area contributed by atoms with E-state index >= 15 is 0 Å². The molecule has 186 valence electrons. The molecule has 0 amide bonds. The minimum absolute atomic E-state index is 0.183. The van der Waals surface area contributed by atoms with Gasteiger partial charge in [0.05, 0.1) is 29.9 Å². The lowest BCUT2D eigenvalue weighted by molar-refractivity contribution is 0.0210. The molecular formula is C31H30N4O2. The summed E-state index contributed by atoms with van der Waals surface area (Å²) in [5.74, 6) is 1.21. The van der Waals surface area contributed by atoms with Gasteiger partial charge in [-0.1, -0.05) is 36.4 Å². The van der Waals surface area contributed by atoms with Crippen LogP contribution in [0, 0.1) is 5.92 Å². The number of benzene rings is 2. The van der Waals surface area contributed by atoms with Gasteiger partial charge in [0.25, 0.3) is 0 Å². The van der Waals surface area contributed by atoms with Gasteiger partial charge in [-0.2, -0.15) is 0 Å². The smallest absolute Gasteiger partial charge is 0.161 e. The van der Waals surface area contributed by atoms with E-state index in [0.29, 0.717) is 23.5 Å². The molecule has 2 bridgehead atoms. The Balaban J connectivity index is 1.45. The fraction of sp³-hybridized carbons (Fsp3) is 0.323. The first-order valence-corrected chi connectivity index (χ1v) is 13.0. The number of piperidine rings is 1. The van der Waals surface area contributed by atoms with Crippen molar-refractivity contribution in [3.63, 3.8) is 0 Å². The lowest BCUT2D eigenvalue weighted by Crippen LogP contribution is -2.61. The summed E-state index contributed by atoms with van der Waals surface area (Å²) in [4.78, 5) is 17.4. The number of methoxy groups -OCH3 is 1. The van der Waals surface area contributed by atoms with Crippen LogP contribution in [-0.2, 0) is 24.7 Å². The normalized spacial score (nSPS) is 24.1. The topological polar surface area (TPSA) is 71.4 Å². The maximum atomic E-state index is 11.4. The standard InChI is InChI=1S/C31H30N4O2/c1-35-15-12-31-18-24-23(17-22(31)25(35)16-21-8-9-26(37-2)30(36)27(21)31)33-29(20-10-13-32-14-11-20)28(34-24)19-6-4-3-5-7-19/h3-11,13-14,22,25,36H,12,15-18H2,1-2H3/t22-,25+,31-/m1/s1. The molecule has 0 spiro atoms. The van der Waals surface area contributed by atoms with Crippen LogP contribution in [0.3, 0.4) is 0 Å². The molecule has 2 aromatic carbocycles. The van der Waals surface area contributed by atoms with E-state index in [1.54, 1.807) is 7.11 Å². The van der Waals surface area contributed by atoms with Gasteiger partial charge in [-0.25, -0.2) is 9.97 Å². The molecule has 2 aromatic heterocycles. The van der Waals surface area contributed by atoms with Gasteiger partial charge in [-0.15, -0.1) is 0 Å². The molecule has 0 radical (unpaired) electrons. The van der Waals surface area contributed by atoms with Gasteiger partial charge < -0.3 is 14.7 Å². The molecule has 1 saturated heterocycles. The molecule has 0 unspecified atom stereocenters. The highest BCUT2D eigenvalue weighted by Crippen LogP contribution is 2.57. The minimum atomic E-state index is -0.183. The number of aromatic nitrogens is 3. The van der Waals surface area contributed by atoms with E-state index in [1.807, 2.05) is 48.8 Å². The zero-order valence-corrected chi connectivity index (χ0v) is 21.2. The molecule has 1 aliphatic heterocycles.